The molecule has 0 spiro atoms. The van der Waals surface area contributed by atoms with Gasteiger partial charge in [0.15, 0.2) is 0 Å². The lowest BCUT2D eigenvalue weighted by Gasteiger charge is -2.27. The van der Waals surface area contributed by atoms with Crippen LogP contribution < -0.4 is 4.74 Å². The topological polar surface area (TPSA) is 35.0 Å². The van der Waals surface area contributed by atoms with Gasteiger partial charge in [-0.3, -0.25) is 0 Å². The third-order valence-electron chi connectivity index (χ3n) is 7.73. The Hall–Kier alpha value is -1.90. The molecule has 1 fully saturated rings. The zero-order valence-corrected chi connectivity index (χ0v) is 22.6. The van der Waals surface area contributed by atoms with E-state index in [4.69, 9.17) is 14.7 Å². The molecule has 0 unspecified atom stereocenters. The average Bonchev–Trinajstić information content (AvgIpc) is 2.91. The number of rotatable bonds is 17. The molecule has 0 N–H and O–H groups in total. The molecule has 0 radical (unpaired) electrons. The van der Waals surface area contributed by atoms with Gasteiger partial charge in [0.1, 0.15) is 11.6 Å². The van der Waals surface area contributed by atoms with Crippen molar-refractivity contribution in [3.63, 3.8) is 0 Å². The Kier molecular flexibility index (Phi) is 13.2. The molecule has 1 aliphatic rings. The summed E-state index contributed by atoms with van der Waals surface area (Å²) in [4.78, 5) is 9.48. The molecule has 3 rings (SSSR count). The van der Waals surface area contributed by atoms with Gasteiger partial charge in [-0.05, 0) is 80.5 Å². The predicted octanol–water partition coefficient (Wildman–Crippen LogP) is 9.25. The monoisotopic (exact) mass is 478 g/mol. The first-order chi connectivity index (χ1) is 17.3. The molecule has 35 heavy (non-hydrogen) atoms. The number of unbranched alkanes of at least 4 members (excludes halogenated alkanes) is 9. The summed E-state index contributed by atoms with van der Waals surface area (Å²) in [5.41, 5.74) is 2.74. The van der Waals surface area contributed by atoms with Crippen LogP contribution in [0.3, 0.4) is 0 Å². The Morgan fingerprint density at radius 2 is 1.20 bits per heavy atom. The van der Waals surface area contributed by atoms with Crippen molar-refractivity contribution in [3.8, 4) is 5.75 Å². The SMILES string of the molecule is CCCCCCCCc1ccc(OCC2CCC(c3ncc(CCCCCCC)cn3)CC2)cc1. The second-order valence-electron chi connectivity index (χ2n) is 10.8. The van der Waals surface area contributed by atoms with Crippen LogP contribution in [0.1, 0.15) is 133 Å². The number of nitrogens with zero attached hydrogens (tertiary/aromatic N) is 2. The van der Waals surface area contributed by atoms with E-state index < -0.39 is 0 Å². The predicted molar refractivity (Wildman–Crippen MR) is 148 cm³/mol. The van der Waals surface area contributed by atoms with Gasteiger partial charge in [0.25, 0.3) is 0 Å². The van der Waals surface area contributed by atoms with Crippen molar-refractivity contribution < 1.29 is 4.74 Å². The highest BCUT2D eigenvalue weighted by atomic mass is 16.5. The van der Waals surface area contributed by atoms with Crippen molar-refractivity contribution in [1.82, 2.24) is 9.97 Å². The minimum atomic E-state index is 0.520. The van der Waals surface area contributed by atoms with Crippen molar-refractivity contribution >= 4 is 0 Å². The smallest absolute Gasteiger partial charge is 0.131 e. The van der Waals surface area contributed by atoms with Crippen molar-refractivity contribution in [2.75, 3.05) is 6.61 Å². The van der Waals surface area contributed by atoms with E-state index in [2.05, 4.69) is 50.5 Å². The maximum absolute atomic E-state index is 6.16. The van der Waals surface area contributed by atoms with Crippen molar-refractivity contribution in [2.24, 2.45) is 5.92 Å². The van der Waals surface area contributed by atoms with Gasteiger partial charge in [-0.1, -0.05) is 83.8 Å². The summed E-state index contributed by atoms with van der Waals surface area (Å²) < 4.78 is 6.16. The number of ether oxygens (including phenoxy) is 1. The number of aryl methyl sites for hydroxylation is 2. The third kappa shape index (κ3) is 10.7. The van der Waals surface area contributed by atoms with E-state index in [0.29, 0.717) is 11.8 Å². The summed E-state index contributed by atoms with van der Waals surface area (Å²) in [6.07, 6.45) is 26.0. The second kappa shape index (κ2) is 16.7. The van der Waals surface area contributed by atoms with Crippen LogP contribution in [0, 0.1) is 5.92 Å². The fourth-order valence-electron chi connectivity index (χ4n) is 5.30. The molecule has 0 aliphatic heterocycles. The highest BCUT2D eigenvalue weighted by molar-refractivity contribution is 5.27. The highest BCUT2D eigenvalue weighted by Crippen LogP contribution is 2.34. The fourth-order valence-corrected chi connectivity index (χ4v) is 5.30. The molecular formula is C32H50N2O. The minimum absolute atomic E-state index is 0.520. The van der Waals surface area contributed by atoms with Gasteiger partial charge in [0.05, 0.1) is 6.61 Å². The third-order valence-corrected chi connectivity index (χ3v) is 7.73. The number of benzene rings is 1. The standard InChI is InChI=1S/C32H50N2O/c1-3-5-7-9-11-12-14-27-18-22-31(23-19-27)35-26-28-16-20-30(21-17-28)32-33-24-29(25-34-32)15-13-10-8-6-4-2/h18-19,22-25,28,30H,3-17,20-21,26H2,1-2H3. The molecule has 3 nitrogen and oxygen atoms in total. The molecular weight excluding hydrogens is 428 g/mol. The maximum Gasteiger partial charge on any atom is 0.131 e. The lowest BCUT2D eigenvalue weighted by Crippen LogP contribution is -2.20. The van der Waals surface area contributed by atoms with E-state index in [9.17, 15) is 0 Å². The minimum Gasteiger partial charge on any atom is -0.493 e. The van der Waals surface area contributed by atoms with Gasteiger partial charge >= 0.3 is 0 Å². The van der Waals surface area contributed by atoms with Gasteiger partial charge in [0, 0.05) is 18.3 Å². The van der Waals surface area contributed by atoms with E-state index in [1.54, 1.807) is 0 Å². The lowest BCUT2D eigenvalue weighted by molar-refractivity contribution is 0.198. The first-order valence-electron chi connectivity index (χ1n) is 14.8. The average molecular weight is 479 g/mol. The highest BCUT2D eigenvalue weighted by Gasteiger charge is 2.24. The first-order valence-corrected chi connectivity index (χ1v) is 14.8. The van der Waals surface area contributed by atoms with Crippen LogP contribution in [0.15, 0.2) is 36.7 Å². The van der Waals surface area contributed by atoms with E-state index in [1.807, 2.05) is 0 Å². The molecule has 1 aliphatic carbocycles. The van der Waals surface area contributed by atoms with Crippen LogP contribution in [-0.4, -0.2) is 16.6 Å². The Balaban J connectivity index is 1.29. The maximum atomic E-state index is 6.16. The van der Waals surface area contributed by atoms with Crippen LogP contribution in [0.4, 0.5) is 0 Å². The summed E-state index contributed by atoms with van der Waals surface area (Å²) >= 11 is 0. The second-order valence-corrected chi connectivity index (χ2v) is 10.8. The number of aromatic nitrogens is 2. The molecule has 1 aromatic heterocycles. The van der Waals surface area contributed by atoms with Gasteiger partial charge < -0.3 is 4.74 Å². The van der Waals surface area contributed by atoms with E-state index in [0.717, 1.165) is 24.6 Å². The van der Waals surface area contributed by atoms with Gasteiger partial charge in [-0.15, -0.1) is 0 Å². The summed E-state index contributed by atoms with van der Waals surface area (Å²) in [5, 5.41) is 0. The normalized spacial score (nSPS) is 18.0. The molecule has 0 amide bonds. The molecule has 0 bridgehead atoms. The van der Waals surface area contributed by atoms with Crippen molar-refractivity contribution in [1.29, 1.82) is 0 Å². The summed E-state index contributed by atoms with van der Waals surface area (Å²) in [7, 11) is 0. The molecule has 1 saturated carbocycles. The van der Waals surface area contributed by atoms with Crippen LogP contribution in [0.25, 0.3) is 0 Å². The zero-order valence-electron chi connectivity index (χ0n) is 22.6. The molecule has 0 saturated heterocycles. The first kappa shape index (κ1) is 27.7. The van der Waals surface area contributed by atoms with E-state index >= 15 is 0 Å². The largest absolute Gasteiger partial charge is 0.493 e. The van der Waals surface area contributed by atoms with Crippen molar-refractivity contribution in [3.05, 3.63) is 53.6 Å². The Labute approximate surface area is 215 Å². The van der Waals surface area contributed by atoms with E-state index in [1.165, 1.54) is 114 Å². The molecule has 2 aromatic rings. The molecule has 194 valence electrons. The molecule has 3 heteroatoms. The van der Waals surface area contributed by atoms with E-state index in [-0.39, 0.29) is 0 Å². The number of hydrogen-bond acceptors (Lipinski definition) is 3. The summed E-state index contributed by atoms with van der Waals surface area (Å²) in [5.74, 6) is 3.25. The summed E-state index contributed by atoms with van der Waals surface area (Å²) in [6.45, 7) is 5.38. The van der Waals surface area contributed by atoms with Gasteiger partial charge in [-0.2, -0.15) is 0 Å². The van der Waals surface area contributed by atoms with Crippen LogP contribution in [0.5, 0.6) is 5.75 Å². The van der Waals surface area contributed by atoms with Crippen LogP contribution in [0.2, 0.25) is 0 Å². The van der Waals surface area contributed by atoms with Crippen molar-refractivity contribution in [2.45, 2.75) is 129 Å². The summed E-state index contributed by atoms with van der Waals surface area (Å²) in [6, 6.07) is 8.84. The zero-order chi connectivity index (χ0) is 24.6. The quantitative estimate of drug-likeness (QED) is 0.212. The Bertz CT molecular complexity index is 778. The molecule has 0 atom stereocenters. The molecule has 1 aromatic carbocycles. The molecule has 1 heterocycles. The van der Waals surface area contributed by atoms with Crippen LogP contribution >= 0.6 is 0 Å². The fraction of sp³-hybridized carbons (Fsp3) is 0.688. The van der Waals surface area contributed by atoms with Crippen LogP contribution in [-0.2, 0) is 12.8 Å². The number of hydrogen-bond donors (Lipinski definition) is 0. The van der Waals surface area contributed by atoms with Gasteiger partial charge in [-0.25, -0.2) is 9.97 Å². The lowest BCUT2D eigenvalue weighted by atomic mass is 9.82. The van der Waals surface area contributed by atoms with Gasteiger partial charge in [0.2, 0.25) is 0 Å². The Morgan fingerprint density at radius 1 is 0.657 bits per heavy atom. The Morgan fingerprint density at radius 3 is 1.80 bits per heavy atom.